The van der Waals surface area contributed by atoms with E-state index in [-0.39, 0.29) is 24.3 Å². The van der Waals surface area contributed by atoms with Crippen LogP contribution in [0.5, 0.6) is 0 Å². The van der Waals surface area contributed by atoms with Crippen molar-refractivity contribution in [3.63, 3.8) is 0 Å². The van der Waals surface area contributed by atoms with Gasteiger partial charge in [-0.3, -0.25) is 19.3 Å². The summed E-state index contributed by atoms with van der Waals surface area (Å²) in [6.07, 6.45) is 3.03. The molecule has 1 aromatic rings. The number of rotatable bonds is 6. The highest BCUT2D eigenvalue weighted by Crippen LogP contribution is 2.36. The van der Waals surface area contributed by atoms with Gasteiger partial charge in [-0.05, 0) is 56.2 Å². The third kappa shape index (κ3) is 4.73. The van der Waals surface area contributed by atoms with Gasteiger partial charge in [0.05, 0.1) is 0 Å². The van der Waals surface area contributed by atoms with E-state index < -0.39 is 11.6 Å². The number of likely N-dealkylation sites (N-methyl/N-ethyl adjacent to an activating group) is 1. The topological polar surface area (TPSA) is 90.0 Å². The van der Waals surface area contributed by atoms with Crippen LogP contribution in [0.3, 0.4) is 0 Å². The van der Waals surface area contributed by atoms with Crippen LogP contribution in [0.25, 0.3) is 0 Å². The zero-order valence-corrected chi connectivity index (χ0v) is 18.8. The first-order valence-electron chi connectivity index (χ1n) is 10.9. The number of imide groups is 1. The van der Waals surface area contributed by atoms with Crippen LogP contribution in [0.2, 0.25) is 0 Å². The first-order chi connectivity index (χ1) is 14.7. The van der Waals surface area contributed by atoms with Crippen molar-refractivity contribution in [1.29, 1.82) is 0 Å². The fourth-order valence-corrected chi connectivity index (χ4v) is 4.26. The minimum atomic E-state index is -0.838. The van der Waals surface area contributed by atoms with Crippen LogP contribution >= 0.6 is 0 Å². The molecule has 1 saturated heterocycles. The van der Waals surface area contributed by atoms with Crippen LogP contribution in [0.4, 0.5) is 4.79 Å². The summed E-state index contributed by atoms with van der Waals surface area (Å²) in [4.78, 5) is 54.6. The van der Waals surface area contributed by atoms with Gasteiger partial charge in [0.15, 0.2) is 0 Å². The number of nitrogens with one attached hydrogen (secondary N) is 1. The molecule has 8 heteroatoms. The SMILES string of the molecule is CCN(Cc1ccc(C(=O)N(C)C)cc1)C(=O)CN1C(=O)NC2(CCC(C)CC2)C1=O. The first kappa shape index (κ1) is 22.8. The van der Waals surface area contributed by atoms with Crippen LogP contribution in [-0.2, 0) is 16.1 Å². The number of carbonyl (C=O) groups excluding carboxylic acids is 4. The molecular formula is C23H32N4O4. The third-order valence-electron chi connectivity index (χ3n) is 6.38. The van der Waals surface area contributed by atoms with Crippen LogP contribution < -0.4 is 5.32 Å². The normalized spacial score (nSPS) is 23.1. The van der Waals surface area contributed by atoms with Gasteiger partial charge in [0.2, 0.25) is 5.91 Å². The lowest BCUT2D eigenvalue weighted by Gasteiger charge is -2.33. The molecule has 31 heavy (non-hydrogen) atoms. The Balaban J connectivity index is 1.64. The molecule has 2 fully saturated rings. The Bertz CT molecular complexity index is 857. The van der Waals surface area contributed by atoms with E-state index in [2.05, 4.69) is 12.2 Å². The Kier molecular flexibility index (Phi) is 6.67. The highest BCUT2D eigenvalue weighted by molar-refractivity contribution is 6.09. The van der Waals surface area contributed by atoms with Gasteiger partial charge in [-0.2, -0.15) is 0 Å². The number of nitrogens with zero attached hydrogens (tertiary/aromatic N) is 3. The van der Waals surface area contributed by atoms with Crippen molar-refractivity contribution in [2.75, 3.05) is 27.2 Å². The summed E-state index contributed by atoms with van der Waals surface area (Å²) >= 11 is 0. The molecule has 1 aliphatic carbocycles. The predicted octanol–water partition coefficient (Wildman–Crippen LogP) is 2.24. The minimum absolute atomic E-state index is 0.0837. The average Bonchev–Trinajstić information content (AvgIpc) is 2.98. The number of carbonyl (C=O) groups is 4. The molecule has 0 aromatic heterocycles. The van der Waals surface area contributed by atoms with Crippen LogP contribution in [-0.4, -0.2) is 71.2 Å². The Labute approximate surface area is 183 Å². The van der Waals surface area contributed by atoms with Crippen molar-refractivity contribution in [2.45, 2.75) is 51.6 Å². The fourth-order valence-electron chi connectivity index (χ4n) is 4.26. The van der Waals surface area contributed by atoms with Gasteiger partial charge in [0, 0.05) is 32.7 Å². The second kappa shape index (κ2) is 9.08. The summed E-state index contributed by atoms with van der Waals surface area (Å²) < 4.78 is 0. The molecule has 0 unspecified atom stereocenters. The monoisotopic (exact) mass is 428 g/mol. The van der Waals surface area contributed by atoms with Gasteiger partial charge >= 0.3 is 6.03 Å². The molecule has 1 aliphatic heterocycles. The molecule has 8 nitrogen and oxygen atoms in total. The summed E-state index contributed by atoms with van der Waals surface area (Å²) in [5.74, 6) is -0.0957. The standard InChI is InChI=1S/C23H32N4O4/c1-5-26(14-17-6-8-18(9-7-17)20(29)25(3)4)19(28)15-27-21(30)23(24-22(27)31)12-10-16(2)11-13-23/h6-9,16H,5,10-15H2,1-4H3,(H,24,31). The molecule has 3 rings (SSSR count). The number of benzene rings is 1. The molecule has 5 amide bonds. The maximum atomic E-state index is 13.0. The Morgan fingerprint density at radius 2 is 1.74 bits per heavy atom. The smallest absolute Gasteiger partial charge is 0.325 e. The number of hydrogen-bond acceptors (Lipinski definition) is 4. The molecule has 1 N–H and O–H groups in total. The van der Waals surface area contributed by atoms with Crippen molar-refractivity contribution in [3.8, 4) is 0 Å². The lowest BCUT2D eigenvalue weighted by Crippen LogP contribution is -2.50. The maximum Gasteiger partial charge on any atom is 0.325 e. The maximum absolute atomic E-state index is 13.0. The van der Waals surface area contributed by atoms with E-state index in [4.69, 9.17) is 0 Å². The molecule has 0 bridgehead atoms. The van der Waals surface area contributed by atoms with Crippen molar-refractivity contribution in [2.24, 2.45) is 5.92 Å². The van der Waals surface area contributed by atoms with Gasteiger partial charge in [0.25, 0.3) is 11.8 Å². The molecule has 0 atom stereocenters. The van der Waals surface area contributed by atoms with Gasteiger partial charge in [0.1, 0.15) is 12.1 Å². The quantitative estimate of drug-likeness (QED) is 0.704. The highest BCUT2D eigenvalue weighted by Gasteiger charge is 2.52. The van der Waals surface area contributed by atoms with E-state index in [0.717, 1.165) is 23.3 Å². The Morgan fingerprint density at radius 3 is 2.29 bits per heavy atom. The van der Waals surface area contributed by atoms with E-state index in [0.29, 0.717) is 37.4 Å². The predicted molar refractivity (Wildman–Crippen MR) is 116 cm³/mol. The molecule has 2 aliphatic rings. The van der Waals surface area contributed by atoms with E-state index in [1.807, 2.05) is 19.1 Å². The number of amides is 5. The minimum Gasteiger partial charge on any atom is -0.345 e. The van der Waals surface area contributed by atoms with Gasteiger partial charge < -0.3 is 15.1 Å². The second-order valence-corrected chi connectivity index (χ2v) is 8.89. The van der Waals surface area contributed by atoms with E-state index >= 15 is 0 Å². The third-order valence-corrected chi connectivity index (χ3v) is 6.38. The second-order valence-electron chi connectivity index (χ2n) is 8.89. The Hall–Kier alpha value is -2.90. The first-order valence-corrected chi connectivity index (χ1v) is 10.9. The van der Waals surface area contributed by atoms with Gasteiger partial charge in [-0.25, -0.2) is 4.79 Å². The summed E-state index contributed by atoms with van der Waals surface area (Å²) in [5.41, 5.74) is 0.616. The lowest BCUT2D eigenvalue weighted by molar-refractivity contribution is -0.139. The van der Waals surface area contributed by atoms with E-state index in [1.54, 1.807) is 31.1 Å². The summed E-state index contributed by atoms with van der Waals surface area (Å²) in [7, 11) is 3.39. The summed E-state index contributed by atoms with van der Waals surface area (Å²) in [6.45, 7) is 4.55. The zero-order chi connectivity index (χ0) is 22.8. The molecule has 1 spiro atoms. The summed E-state index contributed by atoms with van der Waals surface area (Å²) in [5, 5.41) is 2.86. The van der Waals surface area contributed by atoms with Crippen LogP contribution in [0.1, 0.15) is 55.5 Å². The van der Waals surface area contributed by atoms with E-state index in [9.17, 15) is 19.2 Å². The van der Waals surface area contributed by atoms with Crippen LogP contribution in [0, 0.1) is 5.92 Å². The average molecular weight is 429 g/mol. The van der Waals surface area contributed by atoms with Crippen molar-refractivity contribution < 1.29 is 19.2 Å². The number of urea groups is 1. The highest BCUT2D eigenvalue weighted by atomic mass is 16.2. The summed E-state index contributed by atoms with van der Waals surface area (Å²) in [6, 6.07) is 6.63. The molecule has 1 saturated carbocycles. The molecule has 168 valence electrons. The zero-order valence-electron chi connectivity index (χ0n) is 18.8. The lowest BCUT2D eigenvalue weighted by atomic mass is 9.77. The van der Waals surface area contributed by atoms with Crippen molar-refractivity contribution in [3.05, 3.63) is 35.4 Å². The Morgan fingerprint density at radius 1 is 1.13 bits per heavy atom. The van der Waals surface area contributed by atoms with Crippen LogP contribution in [0.15, 0.2) is 24.3 Å². The molecule has 1 heterocycles. The van der Waals surface area contributed by atoms with Gasteiger partial charge in [-0.1, -0.05) is 19.1 Å². The van der Waals surface area contributed by atoms with Gasteiger partial charge in [-0.15, -0.1) is 0 Å². The fraction of sp³-hybridized carbons (Fsp3) is 0.565. The largest absolute Gasteiger partial charge is 0.345 e. The number of hydrogen-bond donors (Lipinski definition) is 1. The molecular weight excluding hydrogens is 396 g/mol. The van der Waals surface area contributed by atoms with Crippen molar-refractivity contribution in [1.82, 2.24) is 20.0 Å². The van der Waals surface area contributed by atoms with E-state index in [1.165, 1.54) is 4.90 Å². The molecule has 0 radical (unpaired) electrons. The van der Waals surface area contributed by atoms with Crippen molar-refractivity contribution >= 4 is 23.8 Å². The molecule has 1 aromatic carbocycles.